The molecule has 4 rings (SSSR count). The summed E-state index contributed by atoms with van der Waals surface area (Å²) in [5, 5.41) is 0. The summed E-state index contributed by atoms with van der Waals surface area (Å²) in [5.74, 6) is 1.84. The summed E-state index contributed by atoms with van der Waals surface area (Å²) in [4.78, 5) is 22.5. The van der Waals surface area contributed by atoms with Gasteiger partial charge in [-0.15, -0.1) is 0 Å². The van der Waals surface area contributed by atoms with Crippen LogP contribution in [-0.2, 0) is 4.79 Å². The molecule has 25 heavy (non-hydrogen) atoms. The molecule has 1 unspecified atom stereocenters. The lowest BCUT2D eigenvalue weighted by atomic mass is 10.1. The molecule has 7 heteroatoms. The van der Waals surface area contributed by atoms with Crippen LogP contribution >= 0.6 is 0 Å². The van der Waals surface area contributed by atoms with Crippen molar-refractivity contribution in [3.05, 3.63) is 42.9 Å². The van der Waals surface area contributed by atoms with Gasteiger partial charge in [0, 0.05) is 38.2 Å². The lowest BCUT2D eigenvalue weighted by Crippen LogP contribution is -2.50. The SMILES string of the molecule is O=C(C1COc2ccccc2O1)N1CCC(Oc2ccncn2)CC1. The van der Waals surface area contributed by atoms with Crippen molar-refractivity contribution >= 4 is 5.91 Å². The first kappa shape index (κ1) is 15.7. The lowest BCUT2D eigenvalue weighted by molar-refractivity contribution is -0.143. The van der Waals surface area contributed by atoms with Gasteiger partial charge in [0.1, 0.15) is 19.0 Å². The molecule has 0 spiro atoms. The maximum atomic E-state index is 12.7. The fourth-order valence-corrected chi connectivity index (χ4v) is 3.06. The van der Waals surface area contributed by atoms with E-state index in [1.807, 2.05) is 29.2 Å². The van der Waals surface area contributed by atoms with Gasteiger partial charge in [0.15, 0.2) is 11.5 Å². The summed E-state index contributed by atoms with van der Waals surface area (Å²) >= 11 is 0. The van der Waals surface area contributed by atoms with Crippen molar-refractivity contribution in [1.29, 1.82) is 0 Å². The zero-order valence-electron chi connectivity index (χ0n) is 13.7. The second kappa shape index (κ2) is 6.96. The van der Waals surface area contributed by atoms with Crippen LogP contribution in [0.25, 0.3) is 0 Å². The number of hydrogen-bond donors (Lipinski definition) is 0. The Balaban J connectivity index is 1.31. The molecule has 1 atom stereocenters. The molecule has 0 N–H and O–H groups in total. The first-order valence-electron chi connectivity index (χ1n) is 8.39. The van der Waals surface area contributed by atoms with Crippen molar-refractivity contribution in [3.8, 4) is 17.4 Å². The van der Waals surface area contributed by atoms with Gasteiger partial charge in [0.05, 0.1) is 0 Å². The first-order valence-corrected chi connectivity index (χ1v) is 8.39. The van der Waals surface area contributed by atoms with E-state index in [1.165, 1.54) is 6.33 Å². The fourth-order valence-electron chi connectivity index (χ4n) is 3.06. The molecule has 2 aliphatic heterocycles. The molecule has 1 saturated heterocycles. The molecule has 1 aromatic heterocycles. The van der Waals surface area contributed by atoms with E-state index in [0.29, 0.717) is 30.5 Å². The predicted molar refractivity (Wildman–Crippen MR) is 88.6 cm³/mol. The number of rotatable bonds is 3. The third kappa shape index (κ3) is 3.50. The highest BCUT2D eigenvalue weighted by atomic mass is 16.6. The van der Waals surface area contributed by atoms with E-state index in [0.717, 1.165) is 12.8 Å². The van der Waals surface area contributed by atoms with Gasteiger partial charge in [-0.25, -0.2) is 9.97 Å². The molecule has 2 aliphatic rings. The standard InChI is InChI=1S/C18H19N3O4/c22-18(16-11-23-14-3-1-2-4-15(14)25-16)21-9-6-13(7-10-21)24-17-5-8-19-12-20-17/h1-5,8,12-13,16H,6-7,9-11H2. The number of para-hydroxylation sites is 2. The molecule has 0 radical (unpaired) electrons. The molecular formula is C18H19N3O4. The van der Waals surface area contributed by atoms with E-state index in [-0.39, 0.29) is 18.6 Å². The lowest BCUT2D eigenvalue weighted by Gasteiger charge is -2.35. The number of piperidine rings is 1. The zero-order valence-corrected chi connectivity index (χ0v) is 13.7. The maximum absolute atomic E-state index is 12.7. The molecule has 3 heterocycles. The van der Waals surface area contributed by atoms with E-state index in [2.05, 4.69) is 9.97 Å². The van der Waals surface area contributed by atoms with E-state index in [4.69, 9.17) is 14.2 Å². The van der Waals surface area contributed by atoms with Crippen LogP contribution in [-0.4, -0.2) is 52.7 Å². The van der Waals surface area contributed by atoms with Gasteiger partial charge in [-0.1, -0.05) is 12.1 Å². The minimum Gasteiger partial charge on any atom is -0.485 e. The summed E-state index contributed by atoms with van der Waals surface area (Å²) in [6.45, 7) is 1.51. The Labute approximate surface area is 145 Å². The zero-order chi connectivity index (χ0) is 17.1. The number of nitrogens with zero attached hydrogens (tertiary/aromatic N) is 3. The molecular weight excluding hydrogens is 322 g/mol. The summed E-state index contributed by atoms with van der Waals surface area (Å²) in [5.41, 5.74) is 0. The number of aromatic nitrogens is 2. The maximum Gasteiger partial charge on any atom is 0.267 e. The van der Waals surface area contributed by atoms with Gasteiger partial charge in [-0.2, -0.15) is 0 Å². The van der Waals surface area contributed by atoms with Crippen molar-refractivity contribution in [1.82, 2.24) is 14.9 Å². The smallest absolute Gasteiger partial charge is 0.267 e. The summed E-state index contributed by atoms with van der Waals surface area (Å²) in [6.07, 6.45) is 4.11. The largest absolute Gasteiger partial charge is 0.485 e. The molecule has 1 fully saturated rings. The summed E-state index contributed by atoms with van der Waals surface area (Å²) in [6, 6.07) is 9.14. The Kier molecular flexibility index (Phi) is 4.37. The van der Waals surface area contributed by atoms with Crippen LogP contribution in [0.3, 0.4) is 0 Å². The van der Waals surface area contributed by atoms with Crippen molar-refractivity contribution in [2.75, 3.05) is 19.7 Å². The highest BCUT2D eigenvalue weighted by Crippen LogP contribution is 2.31. The van der Waals surface area contributed by atoms with Crippen molar-refractivity contribution in [2.24, 2.45) is 0 Å². The number of benzene rings is 1. The third-order valence-electron chi connectivity index (χ3n) is 4.38. The highest BCUT2D eigenvalue weighted by Gasteiger charge is 2.33. The Bertz CT molecular complexity index is 732. The van der Waals surface area contributed by atoms with Crippen LogP contribution in [0.5, 0.6) is 17.4 Å². The van der Waals surface area contributed by atoms with Gasteiger partial charge < -0.3 is 19.1 Å². The molecule has 130 valence electrons. The molecule has 0 saturated carbocycles. The average molecular weight is 341 g/mol. The molecule has 1 aromatic carbocycles. The van der Waals surface area contributed by atoms with Gasteiger partial charge >= 0.3 is 0 Å². The van der Waals surface area contributed by atoms with Gasteiger partial charge in [-0.05, 0) is 12.1 Å². The van der Waals surface area contributed by atoms with Crippen molar-refractivity contribution < 1.29 is 19.0 Å². The topological polar surface area (TPSA) is 73.8 Å². The van der Waals surface area contributed by atoms with E-state index < -0.39 is 6.10 Å². The Hall–Kier alpha value is -2.83. The highest BCUT2D eigenvalue weighted by molar-refractivity contribution is 5.82. The predicted octanol–water partition coefficient (Wildman–Crippen LogP) is 1.69. The number of fused-ring (bicyclic) bond motifs is 1. The fraction of sp³-hybridized carbons (Fsp3) is 0.389. The quantitative estimate of drug-likeness (QED) is 0.846. The third-order valence-corrected chi connectivity index (χ3v) is 4.38. The van der Waals surface area contributed by atoms with Crippen molar-refractivity contribution in [2.45, 2.75) is 25.0 Å². The molecule has 0 bridgehead atoms. The molecule has 2 aromatic rings. The second-order valence-electron chi connectivity index (χ2n) is 6.05. The number of likely N-dealkylation sites (tertiary alicyclic amines) is 1. The summed E-state index contributed by atoms with van der Waals surface area (Å²) in [7, 11) is 0. The average Bonchev–Trinajstić information content (AvgIpc) is 2.68. The summed E-state index contributed by atoms with van der Waals surface area (Å²) < 4.78 is 17.3. The monoisotopic (exact) mass is 341 g/mol. The van der Waals surface area contributed by atoms with Crippen LogP contribution < -0.4 is 14.2 Å². The van der Waals surface area contributed by atoms with Crippen LogP contribution in [0, 0.1) is 0 Å². The minimum absolute atomic E-state index is 0.0324. The Morgan fingerprint density at radius 1 is 1.16 bits per heavy atom. The molecule has 1 amide bonds. The molecule has 0 aliphatic carbocycles. The van der Waals surface area contributed by atoms with Gasteiger partial charge in [-0.3, -0.25) is 4.79 Å². The molecule has 7 nitrogen and oxygen atoms in total. The number of amides is 1. The van der Waals surface area contributed by atoms with Crippen LogP contribution in [0.2, 0.25) is 0 Å². The van der Waals surface area contributed by atoms with Crippen LogP contribution in [0.15, 0.2) is 42.9 Å². The van der Waals surface area contributed by atoms with Gasteiger partial charge in [0.2, 0.25) is 12.0 Å². The number of ether oxygens (including phenoxy) is 3. The Morgan fingerprint density at radius 2 is 1.96 bits per heavy atom. The van der Waals surface area contributed by atoms with Crippen LogP contribution in [0.1, 0.15) is 12.8 Å². The number of carbonyl (C=O) groups is 1. The first-order chi connectivity index (χ1) is 12.3. The van der Waals surface area contributed by atoms with E-state index >= 15 is 0 Å². The van der Waals surface area contributed by atoms with E-state index in [1.54, 1.807) is 12.3 Å². The number of carbonyl (C=O) groups excluding carboxylic acids is 1. The van der Waals surface area contributed by atoms with Crippen molar-refractivity contribution in [3.63, 3.8) is 0 Å². The minimum atomic E-state index is -0.589. The Morgan fingerprint density at radius 3 is 2.72 bits per heavy atom. The van der Waals surface area contributed by atoms with Gasteiger partial charge in [0.25, 0.3) is 5.91 Å². The van der Waals surface area contributed by atoms with E-state index in [9.17, 15) is 4.79 Å². The van der Waals surface area contributed by atoms with Crippen LogP contribution in [0.4, 0.5) is 0 Å². The number of hydrogen-bond acceptors (Lipinski definition) is 6. The normalized spacial score (nSPS) is 20.2. The second-order valence-corrected chi connectivity index (χ2v) is 6.05.